The molecule has 0 spiro atoms. The van der Waals surface area contributed by atoms with Crippen molar-refractivity contribution < 1.29 is 0 Å². The zero-order valence-electron chi connectivity index (χ0n) is 9.84. The van der Waals surface area contributed by atoms with Gasteiger partial charge in [0.2, 0.25) is 0 Å². The molecular formula is C13H14N4S. The van der Waals surface area contributed by atoms with Crippen LogP contribution >= 0.6 is 12.2 Å². The third kappa shape index (κ3) is 4.10. The van der Waals surface area contributed by atoms with Crippen molar-refractivity contribution in [1.29, 1.82) is 0 Å². The second kappa shape index (κ2) is 6.66. The number of nitrogens with one attached hydrogen (secondary N) is 2. The van der Waals surface area contributed by atoms with E-state index in [9.17, 15) is 0 Å². The van der Waals surface area contributed by atoms with Crippen molar-refractivity contribution in [3.8, 4) is 0 Å². The minimum atomic E-state index is 0.603. The largest absolute Gasteiger partial charge is 0.357 e. The highest BCUT2D eigenvalue weighted by Crippen LogP contribution is 1.93. The number of pyridine rings is 2. The summed E-state index contributed by atoms with van der Waals surface area (Å²) in [7, 11) is 0. The van der Waals surface area contributed by atoms with E-state index in [1.165, 1.54) is 0 Å². The third-order valence-corrected chi connectivity index (χ3v) is 2.60. The number of rotatable bonds is 4. The Morgan fingerprint density at radius 2 is 1.39 bits per heavy atom. The molecule has 2 aromatic rings. The highest BCUT2D eigenvalue weighted by Gasteiger charge is 1.98. The molecule has 2 aromatic heterocycles. The number of hydrogen-bond donors (Lipinski definition) is 2. The monoisotopic (exact) mass is 258 g/mol. The van der Waals surface area contributed by atoms with Gasteiger partial charge in [0.25, 0.3) is 0 Å². The summed E-state index contributed by atoms with van der Waals surface area (Å²) in [6.07, 6.45) is 3.53. The van der Waals surface area contributed by atoms with E-state index in [1.807, 2.05) is 36.4 Å². The summed E-state index contributed by atoms with van der Waals surface area (Å²) < 4.78 is 0. The highest BCUT2D eigenvalue weighted by molar-refractivity contribution is 7.80. The first-order chi connectivity index (χ1) is 8.84. The molecule has 0 aliphatic heterocycles. The summed E-state index contributed by atoms with van der Waals surface area (Å²) in [4.78, 5) is 8.41. The smallest absolute Gasteiger partial charge is 0.166 e. The van der Waals surface area contributed by atoms with E-state index >= 15 is 0 Å². The van der Waals surface area contributed by atoms with Crippen LogP contribution < -0.4 is 10.6 Å². The standard InChI is InChI=1S/C13H14N4S/c18-13(16-9-11-5-1-3-7-14-11)17-10-12-6-2-4-8-15-12/h1-8H,9-10H2,(H2,16,17,18). The van der Waals surface area contributed by atoms with Gasteiger partial charge in [-0.2, -0.15) is 0 Å². The van der Waals surface area contributed by atoms with Crippen LogP contribution in [0.2, 0.25) is 0 Å². The highest BCUT2D eigenvalue weighted by atomic mass is 32.1. The van der Waals surface area contributed by atoms with Crippen LogP contribution in [-0.4, -0.2) is 15.1 Å². The molecule has 0 aliphatic rings. The van der Waals surface area contributed by atoms with Crippen LogP contribution in [0.3, 0.4) is 0 Å². The topological polar surface area (TPSA) is 49.8 Å². The molecule has 18 heavy (non-hydrogen) atoms. The van der Waals surface area contributed by atoms with Gasteiger partial charge in [0, 0.05) is 12.4 Å². The molecule has 0 saturated carbocycles. The van der Waals surface area contributed by atoms with Crippen LogP contribution in [0.4, 0.5) is 0 Å². The first kappa shape index (κ1) is 12.4. The fraction of sp³-hybridized carbons (Fsp3) is 0.154. The van der Waals surface area contributed by atoms with Crippen LogP contribution in [0.25, 0.3) is 0 Å². The first-order valence-corrected chi connectivity index (χ1v) is 6.07. The fourth-order valence-electron chi connectivity index (χ4n) is 1.41. The zero-order chi connectivity index (χ0) is 12.6. The van der Waals surface area contributed by atoms with Gasteiger partial charge in [0.1, 0.15) is 0 Å². The van der Waals surface area contributed by atoms with Gasteiger partial charge in [-0.25, -0.2) is 0 Å². The van der Waals surface area contributed by atoms with Crippen molar-refractivity contribution in [2.75, 3.05) is 0 Å². The second-order valence-electron chi connectivity index (χ2n) is 3.68. The van der Waals surface area contributed by atoms with Gasteiger partial charge in [-0.3, -0.25) is 9.97 Å². The van der Waals surface area contributed by atoms with Gasteiger partial charge in [0.15, 0.2) is 5.11 Å². The average molecular weight is 258 g/mol. The first-order valence-electron chi connectivity index (χ1n) is 5.66. The summed E-state index contributed by atoms with van der Waals surface area (Å²) in [6, 6.07) is 11.6. The Labute approximate surface area is 111 Å². The molecule has 0 bridgehead atoms. The molecule has 0 radical (unpaired) electrons. The average Bonchev–Trinajstić information content (AvgIpc) is 2.45. The molecule has 0 aromatic carbocycles. The Kier molecular flexibility index (Phi) is 4.60. The molecule has 2 heterocycles. The predicted octanol–water partition coefficient (Wildman–Crippen LogP) is 1.64. The van der Waals surface area contributed by atoms with Crippen LogP contribution in [0, 0.1) is 0 Å². The van der Waals surface area contributed by atoms with E-state index in [1.54, 1.807) is 12.4 Å². The quantitative estimate of drug-likeness (QED) is 0.817. The summed E-state index contributed by atoms with van der Waals surface area (Å²) in [5, 5.41) is 6.80. The molecule has 92 valence electrons. The SMILES string of the molecule is S=C(NCc1ccccn1)NCc1ccccn1. The van der Waals surface area contributed by atoms with E-state index in [0.717, 1.165) is 11.4 Å². The van der Waals surface area contributed by atoms with Crippen molar-refractivity contribution in [2.24, 2.45) is 0 Å². The van der Waals surface area contributed by atoms with Gasteiger partial charge < -0.3 is 10.6 Å². The van der Waals surface area contributed by atoms with Gasteiger partial charge in [-0.05, 0) is 36.5 Å². The molecule has 2 N–H and O–H groups in total. The lowest BCUT2D eigenvalue weighted by atomic mass is 10.3. The van der Waals surface area contributed by atoms with Crippen LogP contribution in [0.5, 0.6) is 0 Å². The molecule has 2 rings (SSSR count). The minimum absolute atomic E-state index is 0.603. The van der Waals surface area contributed by atoms with E-state index in [-0.39, 0.29) is 0 Å². The number of nitrogens with zero attached hydrogens (tertiary/aromatic N) is 2. The van der Waals surface area contributed by atoms with Crippen molar-refractivity contribution in [3.05, 3.63) is 60.2 Å². The number of aromatic nitrogens is 2. The Morgan fingerprint density at radius 3 is 1.78 bits per heavy atom. The molecule has 0 saturated heterocycles. The van der Waals surface area contributed by atoms with Crippen LogP contribution in [-0.2, 0) is 13.1 Å². The Morgan fingerprint density at radius 1 is 0.889 bits per heavy atom. The van der Waals surface area contributed by atoms with E-state index in [4.69, 9.17) is 12.2 Å². The van der Waals surface area contributed by atoms with Crippen LogP contribution in [0.15, 0.2) is 48.8 Å². The van der Waals surface area contributed by atoms with Crippen molar-refractivity contribution in [2.45, 2.75) is 13.1 Å². The Balaban J connectivity index is 1.73. The van der Waals surface area contributed by atoms with E-state index in [0.29, 0.717) is 18.2 Å². The molecule has 5 heteroatoms. The maximum Gasteiger partial charge on any atom is 0.166 e. The molecular weight excluding hydrogens is 244 g/mol. The van der Waals surface area contributed by atoms with Crippen LogP contribution in [0.1, 0.15) is 11.4 Å². The second-order valence-corrected chi connectivity index (χ2v) is 4.09. The molecule has 0 fully saturated rings. The van der Waals surface area contributed by atoms with E-state index in [2.05, 4.69) is 20.6 Å². The van der Waals surface area contributed by atoms with Gasteiger partial charge in [-0.1, -0.05) is 12.1 Å². The predicted molar refractivity (Wildman–Crippen MR) is 74.8 cm³/mol. The summed E-state index contributed by atoms with van der Waals surface area (Å²) in [6.45, 7) is 1.24. The van der Waals surface area contributed by atoms with Gasteiger partial charge >= 0.3 is 0 Å². The molecule has 0 aliphatic carbocycles. The van der Waals surface area contributed by atoms with Crippen molar-refractivity contribution in [3.63, 3.8) is 0 Å². The Bertz CT molecular complexity index is 441. The summed E-state index contributed by atoms with van der Waals surface area (Å²) in [5.74, 6) is 0. The Hall–Kier alpha value is -2.01. The lowest BCUT2D eigenvalue weighted by Gasteiger charge is -2.09. The molecule has 0 amide bonds. The molecule has 0 atom stereocenters. The maximum atomic E-state index is 5.17. The fourth-order valence-corrected chi connectivity index (χ4v) is 1.55. The lowest BCUT2D eigenvalue weighted by molar-refractivity contribution is 0.803. The number of hydrogen-bond acceptors (Lipinski definition) is 3. The molecule has 0 unspecified atom stereocenters. The minimum Gasteiger partial charge on any atom is -0.357 e. The number of thiocarbonyl (C=S) groups is 1. The zero-order valence-corrected chi connectivity index (χ0v) is 10.7. The van der Waals surface area contributed by atoms with Gasteiger partial charge in [-0.15, -0.1) is 0 Å². The normalized spacial score (nSPS) is 9.78. The summed E-state index contributed by atoms with van der Waals surface area (Å²) in [5.41, 5.74) is 1.92. The van der Waals surface area contributed by atoms with E-state index < -0.39 is 0 Å². The van der Waals surface area contributed by atoms with Crippen molar-refractivity contribution in [1.82, 2.24) is 20.6 Å². The summed E-state index contributed by atoms with van der Waals surface area (Å²) >= 11 is 5.17. The molecule has 4 nitrogen and oxygen atoms in total. The lowest BCUT2D eigenvalue weighted by Crippen LogP contribution is -2.34. The van der Waals surface area contributed by atoms with Gasteiger partial charge in [0.05, 0.1) is 24.5 Å². The van der Waals surface area contributed by atoms with Crippen molar-refractivity contribution >= 4 is 17.3 Å². The third-order valence-electron chi connectivity index (χ3n) is 2.31. The maximum absolute atomic E-state index is 5.17.